The number of rotatable bonds is 6. The SMILES string of the molecule is CCCCCCCN1C(=O)NC2(CCNC2)C1=O. The fourth-order valence-electron chi connectivity index (χ4n) is 2.73. The summed E-state index contributed by atoms with van der Waals surface area (Å²) in [5.74, 6) is -0.0343. The molecule has 2 rings (SSSR count). The highest BCUT2D eigenvalue weighted by Gasteiger charge is 2.52. The number of amides is 3. The van der Waals surface area contributed by atoms with E-state index in [4.69, 9.17) is 0 Å². The van der Waals surface area contributed by atoms with Gasteiger partial charge in [-0.15, -0.1) is 0 Å². The van der Waals surface area contributed by atoms with E-state index in [0.717, 1.165) is 19.4 Å². The lowest BCUT2D eigenvalue weighted by Crippen LogP contribution is -2.48. The fourth-order valence-corrected chi connectivity index (χ4v) is 2.73. The van der Waals surface area contributed by atoms with Gasteiger partial charge in [0.05, 0.1) is 0 Å². The molecule has 2 aliphatic rings. The normalized spacial score (nSPS) is 27.3. The molecule has 2 aliphatic heterocycles. The number of carbonyl (C=O) groups excluding carboxylic acids is 2. The van der Waals surface area contributed by atoms with Gasteiger partial charge in [-0.3, -0.25) is 9.69 Å². The highest BCUT2D eigenvalue weighted by molar-refractivity contribution is 6.07. The maximum Gasteiger partial charge on any atom is 0.325 e. The largest absolute Gasteiger partial charge is 0.325 e. The minimum Gasteiger partial charge on any atom is -0.322 e. The van der Waals surface area contributed by atoms with Gasteiger partial charge in [0.2, 0.25) is 0 Å². The minimum absolute atomic E-state index is 0.0343. The third-order valence-electron chi connectivity index (χ3n) is 3.89. The fraction of sp³-hybridized carbons (Fsp3) is 0.846. The van der Waals surface area contributed by atoms with Crippen LogP contribution in [0.3, 0.4) is 0 Å². The summed E-state index contributed by atoms with van der Waals surface area (Å²) in [6.07, 6.45) is 6.35. The maximum atomic E-state index is 12.3. The Labute approximate surface area is 108 Å². The van der Waals surface area contributed by atoms with Gasteiger partial charge in [0.25, 0.3) is 5.91 Å². The Morgan fingerprint density at radius 1 is 1.22 bits per heavy atom. The molecule has 102 valence electrons. The van der Waals surface area contributed by atoms with Gasteiger partial charge in [0.1, 0.15) is 5.54 Å². The molecule has 2 heterocycles. The van der Waals surface area contributed by atoms with Crippen molar-refractivity contribution in [2.75, 3.05) is 19.6 Å². The van der Waals surface area contributed by atoms with Crippen molar-refractivity contribution >= 4 is 11.9 Å². The van der Waals surface area contributed by atoms with E-state index < -0.39 is 5.54 Å². The number of unbranched alkanes of at least 4 members (excludes halogenated alkanes) is 4. The van der Waals surface area contributed by atoms with Crippen molar-refractivity contribution in [3.05, 3.63) is 0 Å². The van der Waals surface area contributed by atoms with Gasteiger partial charge >= 0.3 is 6.03 Å². The molecule has 2 fully saturated rings. The summed E-state index contributed by atoms with van der Waals surface area (Å²) in [6.45, 7) is 4.12. The molecule has 0 saturated carbocycles. The highest BCUT2D eigenvalue weighted by atomic mass is 16.2. The summed E-state index contributed by atoms with van der Waals surface area (Å²) in [6, 6.07) is -0.209. The molecule has 1 atom stereocenters. The second kappa shape index (κ2) is 5.69. The number of carbonyl (C=O) groups is 2. The van der Waals surface area contributed by atoms with E-state index in [-0.39, 0.29) is 11.9 Å². The van der Waals surface area contributed by atoms with E-state index >= 15 is 0 Å². The highest BCUT2D eigenvalue weighted by Crippen LogP contribution is 2.24. The molecule has 18 heavy (non-hydrogen) atoms. The Bertz CT molecular complexity index is 324. The lowest BCUT2D eigenvalue weighted by molar-refractivity contribution is -0.130. The zero-order valence-corrected chi connectivity index (χ0v) is 11.1. The van der Waals surface area contributed by atoms with Crippen LogP contribution in [0.1, 0.15) is 45.4 Å². The van der Waals surface area contributed by atoms with Crippen molar-refractivity contribution in [3.63, 3.8) is 0 Å². The Morgan fingerprint density at radius 3 is 2.67 bits per heavy atom. The summed E-state index contributed by atoms with van der Waals surface area (Å²) in [5.41, 5.74) is -0.638. The quantitative estimate of drug-likeness (QED) is 0.553. The van der Waals surface area contributed by atoms with Gasteiger partial charge in [-0.2, -0.15) is 0 Å². The van der Waals surface area contributed by atoms with E-state index in [1.807, 2.05) is 0 Å². The van der Waals surface area contributed by atoms with Gasteiger partial charge in [0, 0.05) is 13.1 Å². The van der Waals surface area contributed by atoms with E-state index in [1.165, 1.54) is 24.2 Å². The van der Waals surface area contributed by atoms with Gasteiger partial charge < -0.3 is 10.6 Å². The molecule has 0 radical (unpaired) electrons. The van der Waals surface area contributed by atoms with Crippen molar-refractivity contribution in [1.29, 1.82) is 0 Å². The zero-order valence-electron chi connectivity index (χ0n) is 11.1. The Morgan fingerprint density at radius 2 is 2.00 bits per heavy atom. The standard InChI is InChI=1S/C13H23N3O2/c1-2-3-4-5-6-9-16-11(17)13(15-12(16)18)7-8-14-10-13/h14H,2-10H2,1H3,(H,15,18). The van der Waals surface area contributed by atoms with Gasteiger partial charge in [-0.05, 0) is 19.4 Å². The monoisotopic (exact) mass is 253 g/mol. The van der Waals surface area contributed by atoms with Crippen LogP contribution in [-0.4, -0.2) is 42.0 Å². The number of imide groups is 1. The Hall–Kier alpha value is -1.10. The Balaban J connectivity index is 1.82. The lowest BCUT2D eigenvalue weighted by atomic mass is 9.99. The van der Waals surface area contributed by atoms with Crippen LogP contribution < -0.4 is 10.6 Å². The first-order chi connectivity index (χ1) is 8.69. The molecule has 0 aromatic heterocycles. The molecule has 2 saturated heterocycles. The van der Waals surface area contributed by atoms with Crippen molar-refractivity contribution in [2.45, 2.75) is 51.0 Å². The first-order valence-corrected chi connectivity index (χ1v) is 7.04. The van der Waals surface area contributed by atoms with Gasteiger partial charge in [-0.25, -0.2) is 4.79 Å². The van der Waals surface area contributed by atoms with Crippen molar-refractivity contribution in [1.82, 2.24) is 15.5 Å². The molecule has 1 spiro atoms. The maximum absolute atomic E-state index is 12.3. The smallest absolute Gasteiger partial charge is 0.322 e. The molecule has 0 aromatic carbocycles. The van der Waals surface area contributed by atoms with Crippen LogP contribution in [0.25, 0.3) is 0 Å². The van der Waals surface area contributed by atoms with Crippen LogP contribution in [0.2, 0.25) is 0 Å². The van der Waals surface area contributed by atoms with E-state index in [1.54, 1.807) is 0 Å². The van der Waals surface area contributed by atoms with Crippen LogP contribution in [0, 0.1) is 0 Å². The molecule has 2 N–H and O–H groups in total. The summed E-state index contributed by atoms with van der Waals surface area (Å²) in [5, 5.41) is 6.00. The summed E-state index contributed by atoms with van der Waals surface area (Å²) >= 11 is 0. The van der Waals surface area contributed by atoms with E-state index in [0.29, 0.717) is 19.5 Å². The summed E-state index contributed by atoms with van der Waals surface area (Å²) < 4.78 is 0. The molecule has 5 heteroatoms. The van der Waals surface area contributed by atoms with Crippen LogP contribution in [0.15, 0.2) is 0 Å². The second-order valence-corrected chi connectivity index (χ2v) is 5.31. The third-order valence-corrected chi connectivity index (χ3v) is 3.89. The second-order valence-electron chi connectivity index (χ2n) is 5.31. The van der Waals surface area contributed by atoms with Crippen molar-refractivity contribution in [2.24, 2.45) is 0 Å². The number of urea groups is 1. The Kier molecular flexibility index (Phi) is 4.22. The molecular formula is C13H23N3O2. The zero-order chi connectivity index (χ0) is 13.0. The number of hydrogen-bond acceptors (Lipinski definition) is 3. The van der Waals surface area contributed by atoms with Gasteiger partial charge in [0.15, 0.2) is 0 Å². The topological polar surface area (TPSA) is 61.4 Å². The molecule has 1 unspecified atom stereocenters. The molecule has 5 nitrogen and oxygen atoms in total. The predicted octanol–water partition coefficient (Wildman–Crippen LogP) is 1.24. The van der Waals surface area contributed by atoms with E-state index in [9.17, 15) is 9.59 Å². The van der Waals surface area contributed by atoms with Gasteiger partial charge in [-0.1, -0.05) is 32.6 Å². The van der Waals surface area contributed by atoms with Crippen LogP contribution in [-0.2, 0) is 4.79 Å². The number of hydrogen-bond donors (Lipinski definition) is 2. The average Bonchev–Trinajstić information content (AvgIpc) is 2.90. The first kappa shape index (κ1) is 13.3. The third kappa shape index (κ3) is 2.51. The molecule has 0 aromatic rings. The molecular weight excluding hydrogens is 230 g/mol. The van der Waals surface area contributed by atoms with Crippen molar-refractivity contribution < 1.29 is 9.59 Å². The summed E-state index contributed by atoms with van der Waals surface area (Å²) in [7, 11) is 0. The van der Waals surface area contributed by atoms with Crippen LogP contribution >= 0.6 is 0 Å². The minimum atomic E-state index is -0.638. The number of nitrogens with zero attached hydrogens (tertiary/aromatic N) is 1. The average molecular weight is 253 g/mol. The predicted molar refractivity (Wildman–Crippen MR) is 69.2 cm³/mol. The summed E-state index contributed by atoms with van der Waals surface area (Å²) in [4.78, 5) is 25.5. The lowest BCUT2D eigenvalue weighted by Gasteiger charge is -2.19. The first-order valence-electron chi connectivity index (χ1n) is 7.04. The molecule has 0 aliphatic carbocycles. The van der Waals surface area contributed by atoms with E-state index in [2.05, 4.69) is 17.6 Å². The van der Waals surface area contributed by atoms with Crippen LogP contribution in [0.4, 0.5) is 4.79 Å². The van der Waals surface area contributed by atoms with Crippen LogP contribution in [0.5, 0.6) is 0 Å². The van der Waals surface area contributed by atoms with Crippen molar-refractivity contribution in [3.8, 4) is 0 Å². The number of nitrogens with one attached hydrogen (secondary N) is 2. The molecule has 3 amide bonds. The molecule has 0 bridgehead atoms.